The van der Waals surface area contributed by atoms with Crippen LogP contribution in [0.25, 0.3) is 0 Å². The van der Waals surface area contributed by atoms with Gasteiger partial charge in [-0.05, 0) is 12.1 Å². The van der Waals surface area contributed by atoms with Gasteiger partial charge in [0.2, 0.25) is 0 Å². The van der Waals surface area contributed by atoms with Crippen LogP contribution in [0.1, 0.15) is 27.1 Å². The summed E-state index contributed by atoms with van der Waals surface area (Å²) in [5, 5.41) is 8.47. The van der Waals surface area contributed by atoms with Crippen molar-refractivity contribution >= 4 is 27.6 Å². The summed E-state index contributed by atoms with van der Waals surface area (Å²) < 4.78 is 23.4. The molecule has 2 rings (SSSR count). The van der Waals surface area contributed by atoms with Crippen LogP contribution in [-0.2, 0) is 14.6 Å². The maximum atomic E-state index is 11.9. The normalized spacial score (nSPS) is 14.5. The fourth-order valence-corrected chi connectivity index (χ4v) is 3.10. The maximum absolute atomic E-state index is 11.9. The lowest BCUT2D eigenvalue weighted by Gasteiger charge is -2.13. The number of hydrogen-bond donors (Lipinski definition) is 1. The molecule has 0 bridgehead atoms. The Bertz CT molecular complexity index is 659. The third-order valence-electron chi connectivity index (χ3n) is 2.83. The van der Waals surface area contributed by atoms with Gasteiger partial charge < -0.3 is 5.11 Å². The van der Waals surface area contributed by atoms with Crippen LogP contribution >= 0.6 is 0 Å². The van der Waals surface area contributed by atoms with Crippen molar-refractivity contribution < 1.29 is 27.9 Å². The summed E-state index contributed by atoms with van der Waals surface area (Å²) in [5.74, 6) is -4.02. The Balaban J connectivity index is 2.19. The van der Waals surface area contributed by atoms with Gasteiger partial charge in [0.25, 0.3) is 11.8 Å². The minimum Gasteiger partial charge on any atom is -0.481 e. The fourth-order valence-electron chi connectivity index (χ4n) is 1.86. The Kier molecular flexibility index (Phi) is 3.58. The second-order valence-electron chi connectivity index (χ2n) is 4.30. The number of nitrogens with zero attached hydrogens (tertiary/aromatic N) is 1. The van der Waals surface area contributed by atoms with E-state index in [0.717, 1.165) is 0 Å². The number of carbonyl (C=O) groups is 3. The number of aliphatic carboxylic acids is 1. The number of carboxylic acids is 1. The minimum atomic E-state index is -3.84. The number of carbonyl (C=O) groups excluding carboxylic acids is 2. The number of imide groups is 1. The molecule has 0 spiro atoms. The highest BCUT2D eigenvalue weighted by Crippen LogP contribution is 2.22. The average Bonchev–Trinajstić information content (AvgIpc) is 2.62. The van der Waals surface area contributed by atoms with Crippen LogP contribution < -0.4 is 0 Å². The minimum absolute atomic E-state index is 0.158. The van der Waals surface area contributed by atoms with Gasteiger partial charge in [0.15, 0.2) is 9.84 Å². The van der Waals surface area contributed by atoms with Crippen molar-refractivity contribution in [3.63, 3.8) is 0 Å². The standard InChI is InChI=1S/C12H11NO6S/c14-10(15)5-6-20(18,19)7-13-11(16)8-3-1-2-4-9(8)12(13)17/h1-4H,5-7H2,(H,14,15). The molecule has 8 heteroatoms. The van der Waals surface area contributed by atoms with Crippen molar-refractivity contribution in [3.8, 4) is 0 Å². The Morgan fingerprint density at radius 3 is 2.05 bits per heavy atom. The Morgan fingerprint density at radius 2 is 1.60 bits per heavy atom. The van der Waals surface area contributed by atoms with Crippen LogP contribution in [-0.4, -0.2) is 47.8 Å². The molecule has 20 heavy (non-hydrogen) atoms. The number of carboxylic acid groups (broad SMARTS) is 1. The number of rotatable bonds is 5. The molecule has 0 atom stereocenters. The highest BCUT2D eigenvalue weighted by atomic mass is 32.2. The highest BCUT2D eigenvalue weighted by molar-refractivity contribution is 7.91. The number of fused-ring (bicyclic) bond motifs is 1. The lowest BCUT2D eigenvalue weighted by Crippen LogP contribution is -2.36. The predicted molar refractivity (Wildman–Crippen MR) is 67.8 cm³/mol. The van der Waals surface area contributed by atoms with Crippen LogP contribution in [0.15, 0.2) is 24.3 Å². The van der Waals surface area contributed by atoms with E-state index >= 15 is 0 Å². The number of amides is 2. The first-order valence-electron chi connectivity index (χ1n) is 5.69. The summed E-state index contributed by atoms with van der Waals surface area (Å²) in [5.41, 5.74) is 0.317. The lowest BCUT2D eigenvalue weighted by atomic mass is 10.1. The third-order valence-corrected chi connectivity index (χ3v) is 4.31. The molecule has 7 nitrogen and oxygen atoms in total. The predicted octanol–water partition coefficient (Wildman–Crippen LogP) is 0.130. The zero-order valence-corrected chi connectivity index (χ0v) is 11.1. The first-order valence-corrected chi connectivity index (χ1v) is 7.51. The summed E-state index contributed by atoms with van der Waals surface area (Å²) in [4.78, 5) is 34.9. The molecule has 1 aliphatic heterocycles. The number of hydrogen-bond acceptors (Lipinski definition) is 5. The molecule has 0 aromatic heterocycles. The third kappa shape index (κ3) is 2.69. The van der Waals surface area contributed by atoms with E-state index < -0.39 is 45.7 Å². The van der Waals surface area contributed by atoms with E-state index in [4.69, 9.17) is 5.11 Å². The number of benzene rings is 1. The van der Waals surface area contributed by atoms with Gasteiger partial charge >= 0.3 is 5.97 Å². The van der Waals surface area contributed by atoms with E-state index in [0.29, 0.717) is 4.90 Å². The van der Waals surface area contributed by atoms with Gasteiger partial charge in [-0.3, -0.25) is 19.3 Å². The number of sulfone groups is 1. The van der Waals surface area contributed by atoms with Crippen molar-refractivity contribution in [2.45, 2.75) is 6.42 Å². The Morgan fingerprint density at radius 1 is 1.10 bits per heavy atom. The summed E-state index contributed by atoms with van der Waals surface area (Å²) in [6, 6.07) is 6.04. The van der Waals surface area contributed by atoms with Crippen molar-refractivity contribution in [3.05, 3.63) is 35.4 Å². The fraction of sp³-hybridized carbons (Fsp3) is 0.250. The van der Waals surface area contributed by atoms with Gasteiger partial charge in [-0.15, -0.1) is 0 Å². The molecular weight excluding hydrogens is 286 g/mol. The Labute approximate surface area is 114 Å². The van der Waals surface area contributed by atoms with E-state index in [1.54, 1.807) is 12.1 Å². The zero-order chi connectivity index (χ0) is 14.9. The van der Waals surface area contributed by atoms with Crippen molar-refractivity contribution in [2.75, 3.05) is 11.6 Å². The van der Waals surface area contributed by atoms with Crippen molar-refractivity contribution in [1.82, 2.24) is 4.90 Å². The van der Waals surface area contributed by atoms with Crippen molar-refractivity contribution in [1.29, 1.82) is 0 Å². The van der Waals surface area contributed by atoms with Crippen LogP contribution in [0.5, 0.6) is 0 Å². The highest BCUT2D eigenvalue weighted by Gasteiger charge is 2.37. The second-order valence-corrected chi connectivity index (χ2v) is 6.46. The van der Waals surface area contributed by atoms with Gasteiger partial charge in [0, 0.05) is 0 Å². The Hall–Kier alpha value is -2.22. The topological polar surface area (TPSA) is 109 Å². The first-order chi connectivity index (χ1) is 9.32. The zero-order valence-electron chi connectivity index (χ0n) is 10.3. The van der Waals surface area contributed by atoms with Gasteiger partial charge in [0.05, 0.1) is 23.3 Å². The van der Waals surface area contributed by atoms with Gasteiger partial charge in [-0.2, -0.15) is 0 Å². The molecule has 0 aliphatic carbocycles. The van der Waals surface area contributed by atoms with Crippen LogP contribution in [0.2, 0.25) is 0 Å². The van der Waals surface area contributed by atoms with Gasteiger partial charge in [0.1, 0.15) is 5.88 Å². The monoisotopic (exact) mass is 297 g/mol. The molecule has 106 valence electrons. The van der Waals surface area contributed by atoms with Crippen LogP contribution in [0.3, 0.4) is 0 Å². The van der Waals surface area contributed by atoms with Crippen LogP contribution in [0, 0.1) is 0 Å². The molecule has 0 radical (unpaired) electrons. The molecule has 0 saturated carbocycles. The van der Waals surface area contributed by atoms with Gasteiger partial charge in [-0.1, -0.05) is 12.1 Å². The smallest absolute Gasteiger partial charge is 0.304 e. The van der Waals surface area contributed by atoms with Crippen LogP contribution in [0.4, 0.5) is 0 Å². The molecule has 0 saturated heterocycles. The van der Waals surface area contributed by atoms with E-state index in [1.165, 1.54) is 12.1 Å². The molecule has 1 aliphatic rings. The largest absolute Gasteiger partial charge is 0.481 e. The van der Waals surface area contributed by atoms with E-state index in [9.17, 15) is 22.8 Å². The summed E-state index contributed by atoms with van der Waals surface area (Å²) >= 11 is 0. The molecule has 1 heterocycles. The average molecular weight is 297 g/mol. The van der Waals surface area contributed by atoms with E-state index in [-0.39, 0.29) is 11.1 Å². The molecule has 0 fully saturated rings. The quantitative estimate of drug-likeness (QED) is 0.774. The summed E-state index contributed by atoms with van der Waals surface area (Å²) in [6.07, 6.45) is -0.564. The summed E-state index contributed by atoms with van der Waals surface area (Å²) in [6.45, 7) is 0. The second kappa shape index (κ2) is 5.04. The molecule has 2 amide bonds. The van der Waals surface area contributed by atoms with Crippen molar-refractivity contribution in [2.24, 2.45) is 0 Å². The van der Waals surface area contributed by atoms with Gasteiger partial charge in [-0.25, -0.2) is 8.42 Å². The molecule has 1 aromatic carbocycles. The SMILES string of the molecule is O=C(O)CCS(=O)(=O)CN1C(=O)c2ccccc2C1=O. The molecule has 1 N–H and O–H groups in total. The molecule has 0 unspecified atom stereocenters. The van der Waals surface area contributed by atoms with E-state index in [1.807, 2.05) is 0 Å². The lowest BCUT2D eigenvalue weighted by molar-refractivity contribution is -0.136. The summed E-state index contributed by atoms with van der Waals surface area (Å²) in [7, 11) is -3.84. The molecular formula is C12H11NO6S. The maximum Gasteiger partial charge on any atom is 0.304 e. The first kappa shape index (κ1) is 14.2. The molecule has 1 aromatic rings. The van der Waals surface area contributed by atoms with E-state index in [2.05, 4.69) is 0 Å².